The first kappa shape index (κ1) is 18.8. The van der Waals surface area contributed by atoms with Crippen LogP contribution in [0.25, 0.3) is 0 Å². The Bertz CT molecular complexity index is 632. The molecule has 0 radical (unpaired) electrons. The Morgan fingerprint density at radius 2 is 1.88 bits per heavy atom. The number of rotatable bonds is 6. The van der Waals surface area contributed by atoms with Crippen molar-refractivity contribution >= 4 is 11.3 Å². The van der Waals surface area contributed by atoms with E-state index in [4.69, 9.17) is 4.74 Å². The molecule has 0 saturated carbocycles. The van der Waals surface area contributed by atoms with Crippen LogP contribution in [-0.2, 0) is 6.54 Å². The molecule has 2 aromatic rings. The molecule has 1 aromatic carbocycles. The Hall–Kier alpha value is -1.53. The van der Waals surface area contributed by atoms with Crippen LogP contribution in [0.4, 0.5) is 13.2 Å². The third-order valence-corrected chi connectivity index (χ3v) is 4.44. The lowest BCUT2D eigenvalue weighted by Crippen LogP contribution is -2.31. The summed E-state index contributed by atoms with van der Waals surface area (Å²) in [6.45, 7) is 5.76. The number of nitrogens with one attached hydrogen (secondary N) is 1. The van der Waals surface area contributed by atoms with Crippen LogP contribution >= 0.6 is 11.3 Å². The number of benzene rings is 1. The minimum absolute atomic E-state index is 0.0231. The third-order valence-electron chi connectivity index (χ3n) is 3.50. The molecule has 1 atom stereocenters. The normalized spacial score (nSPS) is 13.8. The van der Waals surface area contributed by atoms with Gasteiger partial charge in [0.15, 0.2) is 6.61 Å². The molecule has 2 rings (SSSR count). The number of alkyl halides is 3. The van der Waals surface area contributed by atoms with Crippen LogP contribution < -0.4 is 10.1 Å². The first-order valence-electron chi connectivity index (χ1n) is 7.70. The maximum Gasteiger partial charge on any atom is 0.422 e. The molecular weight excluding hydrogens is 335 g/mol. The van der Waals surface area contributed by atoms with E-state index in [1.54, 1.807) is 23.5 Å². The summed E-state index contributed by atoms with van der Waals surface area (Å²) < 4.78 is 41.6. The highest BCUT2D eigenvalue weighted by Gasteiger charge is 2.28. The van der Waals surface area contributed by atoms with E-state index in [0.717, 1.165) is 5.56 Å². The first-order chi connectivity index (χ1) is 11.1. The zero-order chi connectivity index (χ0) is 17.8. The molecule has 0 aliphatic rings. The van der Waals surface area contributed by atoms with Gasteiger partial charge in [-0.1, -0.05) is 39.0 Å². The predicted octanol–water partition coefficient (Wildman–Crippen LogP) is 5.57. The molecule has 0 spiro atoms. The molecule has 1 N–H and O–H groups in total. The monoisotopic (exact) mass is 357 g/mol. The van der Waals surface area contributed by atoms with Gasteiger partial charge in [-0.05, 0) is 34.6 Å². The topological polar surface area (TPSA) is 21.3 Å². The van der Waals surface area contributed by atoms with Crippen LogP contribution in [0.2, 0.25) is 0 Å². The molecule has 0 saturated heterocycles. The average Bonchev–Trinajstić information content (AvgIpc) is 2.97. The molecule has 0 fully saturated rings. The van der Waals surface area contributed by atoms with Crippen molar-refractivity contribution < 1.29 is 17.9 Å². The van der Waals surface area contributed by atoms with Crippen molar-refractivity contribution in [3.8, 4) is 5.75 Å². The zero-order valence-electron chi connectivity index (χ0n) is 14.0. The maximum absolute atomic E-state index is 12.2. The highest BCUT2D eigenvalue weighted by atomic mass is 32.1. The molecule has 0 bridgehead atoms. The van der Waals surface area contributed by atoms with Crippen molar-refractivity contribution in [2.75, 3.05) is 6.61 Å². The van der Waals surface area contributed by atoms with Gasteiger partial charge in [-0.2, -0.15) is 13.2 Å². The van der Waals surface area contributed by atoms with Gasteiger partial charge in [-0.3, -0.25) is 0 Å². The molecule has 0 aliphatic heterocycles. The minimum Gasteiger partial charge on any atom is -0.484 e. The smallest absolute Gasteiger partial charge is 0.422 e. The molecule has 6 heteroatoms. The minimum atomic E-state index is -4.33. The summed E-state index contributed by atoms with van der Waals surface area (Å²) >= 11 is 1.69. The van der Waals surface area contributed by atoms with Crippen molar-refractivity contribution in [3.05, 3.63) is 52.2 Å². The maximum atomic E-state index is 12.2. The lowest BCUT2D eigenvalue weighted by molar-refractivity contribution is -0.153. The highest BCUT2D eigenvalue weighted by Crippen LogP contribution is 2.35. The number of thiophene rings is 1. The number of halogens is 3. The second-order valence-corrected chi connectivity index (χ2v) is 7.73. The van der Waals surface area contributed by atoms with E-state index in [2.05, 4.69) is 32.2 Å². The second-order valence-electron chi connectivity index (χ2n) is 6.75. The van der Waals surface area contributed by atoms with Gasteiger partial charge in [0.25, 0.3) is 0 Å². The van der Waals surface area contributed by atoms with Crippen LogP contribution in [0, 0.1) is 5.41 Å². The molecule has 24 heavy (non-hydrogen) atoms. The van der Waals surface area contributed by atoms with Gasteiger partial charge in [0.1, 0.15) is 5.75 Å². The molecule has 0 aliphatic carbocycles. The zero-order valence-corrected chi connectivity index (χ0v) is 14.8. The molecule has 2 nitrogen and oxygen atoms in total. The molecular formula is C18H22F3NOS. The molecule has 1 heterocycles. The average molecular weight is 357 g/mol. The van der Waals surface area contributed by atoms with E-state index in [-0.39, 0.29) is 17.2 Å². The first-order valence-corrected chi connectivity index (χ1v) is 8.58. The van der Waals surface area contributed by atoms with Gasteiger partial charge in [0.05, 0.1) is 0 Å². The summed E-state index contributed by atoms with van der Waals surface area (Å²) in [6.07, 6.45) is -4.33. The summed E-state index contributed by atoms with van der Waals surface area (Å²) in [7, 11) is 0. The van der Waals surface area contributed by atoms with Gasteiger partial charge in [0.2, 0.25) is 0 Å². The van der Waals surface area contributed by atoms with Crippen LogP contribution in [0.5, 0.6) is 5.75 Å². The Morgan fingerprint density at radius 3 is 2.46 bits per heavy atom. The lowest BCUT2D eigenvalue weighted by Gasteiger charge is -2.31. The Balaban J connectivity index is 2.02. The molecule has 132 valence electrons. The summed E-state index contributed by atoms with van der Waals surface area (Å²) in [5, 5.41) is 5.55. The van der Waals surface area contributed by atoms with Crippen LogP contribution in [0.15, 0.2) is 41.8 Å². The fourth-order valence-corrected chi connectivity index (χ4v) is 3.46. The van der Waals surface area contributed by atoms with E-state index in [0.29, 0.717) is 6.54 Å². The second kappa shape index (κ2) is 7.57. The van der Waals surface area contributed by atoms with Crippen molar-refractivity contribution in [1.82, 2.24) is 5.32 Å². The standard InChI is InChI=1S/C18H22F3NOS/c1-17(2,3)16(15-8-5-9-24-15)22-11-13-6-4-7-14(10-13)23-12-18(19,20)21/h4-10,16,22H,11-12H2,1-3H3. The van der Waals surface area contributed by atoms with Gasteiger partial charge in [0, 0.05) is 17.5 Å². The van der Waals surface area contributed by atoms with Gasteiger partial charge in [-0.25, -0.2) is 0 Å². The van der Waals surface area contributed by atoms with Crippen molar-refractivity contribution in [3.63, 3.8) is 0 Å². The fraction of sp³-hybridized carbons (Fsp3) is 0.444. The largest absolute Gasteiger partial charge is 0.484 e. The Labute approximate surface area is 144 Å². The molecule has 1 aromatic heterocycles. The van der Waals surface area contributed by atoms with Gasteiger partial charge < -0.3 is 10.1 Å². The number of ether oxygens (including phenoxy) is 1. The van der Waals surface area contributed by atoms with E-state index >= 15 is 0 Å². The lowest BCUT2D eigenvalue weighted by atomic mass is 9.85. The van der Waals surface area contributed by atoms with Gasteiger partial charge >= 0.3 is 6.18 Å². The number of hydrogen-bond donors (Lipinski definition) is 1. The van der Waals surface area contributed by atoms with E-state index in [9.17, 15) is 13.2 Å². The summed E-state index contributed by atoms with van der Waals surface area (Å²) in [4.78, 5) is 1.24. The van der Waals surface area contributed by atoms with Crippen LogP contribution in [0.1, 0.15) is 37.3 Å². The van der Waals surface area contributed by atoms with Crippen molar-refractivity contribution in [2.45, 2.75) is 39.5 Å². The van der Waals surface area contributed by atoms with E-state index in [1.165, 1.54) is 10.9 Å². The summed E-state index contributed by atoms with van der Waals surface area (Å²) in [6, 6.07) is 11.0. The van der Waals surface area contributed by atoms with Gasteiger partial charge in [-0.15, -0.1) is 11.3 Å². The Kier molecular flexibility index (Phi) is 5.93. The Morgan fingerprint density at radius 1 is 1.12 bits per heavy atom. The SMILES string of the molecule is CC(C)(C)C(NCc1cccc(OCC(F)(F)F)c1)c1cccs1. The summed E-state index contributed by atoms with van der Waals surface area (Å²) in [5.74, 6) is 0.232. The van der Waals surface area contributed by atoms with Crippen molar-refractivity contribution in [1.29, 1.82) is 0 Å². The third kappa shape index (κ3) is 5.83. The number of hydrogen-bond acceptors (Lipinski definition) is 3. The molecule has 1 unspecified atom stereocenters. The quantitative estimate of drug-likeness (QED) is 0.730. The van der Waals surface area contributed by atoms with E-state index in [1.807, 2.05) is 17.5 Å². The highest BCUT2D eigenvalue weighted by molar-refractivity contribution is 7.10. The van der Waals surface area contributed by atoms with Crippen LogP contribution in [-0.4, -0.2) is 12.8 Å². The van der Waals surface area contributed by atoms with Crippen LogP contribution in [0.3, 0.4) is 0 Å². The molecule has 0 amide bonds. The predicted molar refractivity (Wildman–Crippen MR) is 91.3 cm³/mol. The summed E-state index contributed by atoms with van der Waals surface area (Å²) in [5.41, 5.74) is 0.912. The fourth-order valence-electron chi connectivity index (χ4n) is 2.42. The van der Waals surface area contributed by atoms with E-state index < -0.39 is 12.8 Å². The van der Waals surface area contributed by atoms with Crippen molar-refractivity contribution in [2.24, 2.45) is 5.41 Å².